The molecule has 2 unspecified atom stereocenters. The van der Waals surface area contributed by atoms with Crippen molar-refractivity contribution in [3.8, 4) is 0 Å². The van der Waals surface area contributed by atoms with Crippen molar-refractivity contribution in [2.75, 3.05) is 36.9 Å². The molecule has 134 valence electrons. The lowest BCUT2D eigenvalue weighted by Crippen LogP contribution is -2.50. The molecule has 2 aliphatic heterocycles. The van der Waals surface area contributed by atoms with Crippen LogP contribution in [-0.4, -0.2) is 67.5 Å². The fraction of sp³-hybridized carbons (Fsp3) is 0.938. The lowest BCUT2D eigenvalue weighted by molar-refractivity contribution is 0.375. The zero-order chi connectivity index (χ0) is 17.0. The Hall–Kier alpha value is -0.430. The summed E-state index contributed by atoms with van der Waals surface area (Å²) in [5.41, 5.74) is 0. The molecule has 0 aromatic carbocycles. The molecule has 0 bridgehead atoms. The van der Waals surface area contributed by atoms with Gasteiger partial charge in [-0.25, -0.2) is 8.42 Å². The lowest BCUT2D eigenvalue weighted by atomic mass is 10.1. The molecule has 23 heavy (non-hydrogen) atoms. The minimum Gasteiger partial charge on any atom is -0.354 e. The summed E-state index contributed by atoms with van der Waals surface area (Å²) in [5.74, 6) is 3.55. The summed E-state index contributed by atoms with van der Waals surface area (Å²) in [5, 5.41) is 4.10. The molecule has 2 heterocycles. The van der Waals surface area contributed by atoms with Crippen LogP contribution in [0.15, 0.2) is 4.99 Å². The van der Waals surface area contributed by atoms with Gasteiger partial charge in [-0.05, 0) is 32.1 Å². The number of sulfone groups is 1. The van der Waals surface area contributed by atoms with Crippen molar-refractivity contribution < 1.29 is 8.42 Å². The number of aliphatic imine (C=N–C) groups is 1. The SMILES string of the molecule is CC(C)NC(=NCC1CCS(=O)(=O)C1)N1CCSC(C(C)C)C1. The Kier molecular flexibility index (Phi) is 6.66. The molecule has 0 aromatic heterocycles. The van der Waals surface area contributed by atoms with E-state index in [-0.39, 0.29) is 5.92 Å². The normalized spacial score (nSPS) is 28.6. The summed E-state index contributed by atoms with van der Waals surface area (Å²) in [7, 11) is -2.82. The number of thioether (sulfide) groups is 1. The van der Waals surface area contributed by atoms with Gasteiger partial charge in [0.2, 0.25) is 0 Å². The third-order valence-electron chi connectivity index (χ3n) is 4.38. The molecule has 0 spiro atoms. The largest absolute Gasteiger partial charge is 0.354 e. The van der Waals surface area contributed by atoms with Crippen molar-refractivity contribution >= 4 is 27.6 Å². The van der Waals surface area contributed by atoms with E-state index in [2.05, 4.69) is 49.7 Å². The molecule has 0 radical (unpaired) electrons. The summed E-state index contributed by atoms with van der Waals surface area (Å²) in [6.45, 7) is 11.4. The van der Waals surface area contributed by atoms with Crippen molar-refractivity contribution in [3.63, 3.8) is 0 Å². The van der Waals surface area contributed by atoms with E-state index >= 15 is 0 Å². The monoisotopic (exact) mass is 361 g/mol. The maximum atomic E-state index is 11.6. The van der Waals surface area contributed by atoms with Gasteiger partial charge in [0.1, 0.15) is 0 Å². The van der Waals surface area contributed by atoms with Crippen LogP contribution in [0.3, 0.4) is 0 Å². The molecule has 0 amide bonds. The van der Waals surface area contributed by atoms with Gasteiger partial charge in [-0.3, -0.25) is 4.99 Å². The second-order valence-corrected chi connectivity index (χ2v) is 10.9. The molecule has 7 heteroatoms. The highest BCUT2D eigenvalue weighted by Crippen LogP contribution is 2.25. The van der Waals surface area contributed by atoms with Gasteiger partial charge in [-0.1, -0.05) is 13.8 Å². The molecule has 2 atom stereocenters. The van der Waals surface area contributed by atoms with Crippen LogP contribution in [0.2, 0.25) is 0 Å². The van der Waals surface area contributed by atoms with E-state index in [0.29, 0.717) is 35.3 Å². The van der Waals surface area contributed by atoms with Gasteiger partial charge in [-0.2, -0.15) is 11.8 Å². The molecule has 2 saturated heterocycles. The number of rotatable bonds is 4. The van der Waals surface area contributed by atoms with E-state index in [0.717, 1.165) is 31.2 Å². The molecule has 1 N–H and O–H groups in total. The Morgan fingerprint density at radius 2 is 2.09 bits per heavy atom. The van der Waals surface area contributed by atoms with Crippen LogP contribution in [0.5, 0.6) is 0 Å². The fourth-order valence-corrected chi connectivity index (χ4v) is 6.15. The first-order valence-electron chi connectivity index (χ1n) is 8.65. The van der Waals surface area contributed by atoms with Crippen molar-refractivity contribution in [1.82, 2.24) is 10.2 Å². The van der Waals surface area contributed by atoms with Gasteiger partial charge in [0.25, 0.3) is 0 Å². The van der Waals surface area contributed by atoms with Crippen LogP contribution in [-0.2, 0) is 9.84 Å². The number of hydrogen-bond donors (Lipinski definition) is 1. The van der Waals surface area contributed by atoms with Gasteiger partial charge >= 0.3 is 0 Å². The highest BCUT2D eigenvalue weighted by molar-refractivity contribution is 8.00. The first-order valence-corrected chi connectivity index (χ1v) is 11.5. The maximum Gasteiger partial charge on any atom is 0.194 e. The number of nitrogens with one attached hydrogen (secondary N) is 1. The standard InChI is InChI=1S/C16H31N3O2S2/c1-12(2)15-10-19(6-7-22-15)16(18-13(3)4)17-9-14-5-8-23(20,21)11-14/h12-15H,5-11H2,1-4H3,(H,17,18). The van der Waals surface area contributed by atoms with E-state index in [1.807, 2.05) is 0 Å². The van der Waals surface area contributed by atoms with E-state index < -0.39 is 9.84 Å². The first-order chi connectivity index (χ1) is 10.8. The third kappa shape index (κ3) is 5.85. The quantitative estimate of drug-likeness (QED) is 0.612. The van der Waals surface area contributed by atoms with Crippen molar-refractivity contribution in [2.45, 2.75) is 45.4 Å². The summed E-state index contributed by atoms with van der Waals surface area (Å²) in [6.07, 6.45) is 0.755. The smallest absolute Gasteiger partial charge is 0.194 e. The van der Waals surface area contributed by atoms with E-state index in [4.69, 9.17) is 4.99 Å². The zero-order valence-corrected chi connectivity index (χ0v) is 16.4. The van der Waals surface area contributed by atoms with Crippen LogP contribution in [0.1, 0.15) is 34.1 Å². The highest BCUT2D eigenvalue weighted by atomic mass is 32.2. The molecular weight excluding hydrogens is 330 g/mol. The van der Waals surface area contributed by atoms with Crippen LogP contribution < -0.4 is 5.32 Å². The summed E-state index contributed by atoms with van der Waals surface area (Å²) in [4.78, 5) is 7.14. The highest BCUT2D eigenvalue weighted by Gasteiger charge is 2.29. The Morgan fingerprint density at radius 3 is 2.65 bits per heavy atom. The number of hydrogen-bond acceptors (Lipinski definition) is 4. The van der Waals surface area contributed by atoms with E-state index in [1.165, 1.54) is 0 Å². The van der Waals surface area contributed by atoms with Crippen LogP contribution in [0.4, 0.5) is 0 Å². The van der Waals surface area contributed by atoms with Crippen LogP contribution in [0.25, 0.3) is 0 Å². The average molecular weight is 362 g/mol. The molecule has 5 nitrogen and oxygen atoms in total. The van der Waals surface area contributed by atoms with Crippen molar-refractivity contribution in [2.24, 2.45) is 16.8 Å². The van der Waals surface area contributed by atoms with Gasteiger partial charge in [0.05, 0.1) is 11.5 Å². The van der Waals surface area contributed by atoms with Gasteiger partial charge in [0.15, 0.2) is 15.8 Å². The second-order valence-electron chi connectivity index (χ2n) is 7.33. The summed E-state index contributed by atoms with van der Waals surface area (Å²) >= 11 is 2.05. The van der Waals surface area contributed by atoms with Crippen molar-refractivity contribution in [1.29, 1.82) is 0 Å². The Labute approximate surface area is 145 Å². The van der Waals surface area contributed by atoms with Crippen molar-refractivity contribution in [3.05, 3.63) is 0 Å². The van der Waals surface area contributed by atoms with E-state index in [1.54, 1.807) is 0 Å². The maximum absolute atomic E-state index is 11.6. The Balaban J connectivity index is 2.02. The molecule has 0 aromatic rings. The molecule has 0 saturated carbocycles. The Morgan fingerprint density at radius 1 is 1.35 bits per heavy atom. The predicted octanol–water partition coefficient (Wildman–Crippen LogP) is 1.85. The molecule has 0 aliphatic carbocycles. The van der Waals surface area contributed by atoms with Gasteiger partial charge in [0, 0.05) is 36.7 Å². The van der Waals surface area contributed by atoms with Crippen LogP contribution >= 0.6 is 11.8 Å². The minimum atomic E-state index is -2.82. The molecular formula is C16H31N3O2S2. The Bertz CT molecular complexity index is 517. The van der Waals surface area contributed by atoms with E-state index in [9.17, 15) is 8.42 Å². The summed E-state index contributed by atoms with van der Waals surface area (Å²) < 4.78 is 23.2. The number of nitrogens with zero attached hydrogens (tertiary/aromatic N) is 2. The zero-order valence-electron chi connectivity index (χ0n) is 14.8. The number of guanidine groups is 1. The summed E-state index contributed by atoms with van der Waals surface area (Å²) in [6, 6.07) is 0.327. The first kappa shape index (κ1) is 18.9. The molecule has 2 fully saturated rings. The third-order valence-corrected chi connectivity index (χ3v) is 7.76. The lowest BCUT2D eigenvalue weighted by Gasteiger charge is -2.37. The average Bonchev–Trinajstić information content (AvgIpc) is 2.82. The minimum absolute atomic E-state index is 0.184. The predicted molar refractivity (Wildman–Crippen MR) is 100.0 cm³/mol. The van der Waals surface area contributed by atoms with Crippen LogP contribution in [0, 0.1) is 11.8 Å². The fourth-order valence-electron chi connectivity index (χ4n) is 3.00. The second kappa shape index (κ2) is 8.10. The van der Waals surface area contributed by atoms with Gasteiger partial charge < -0.3 is 10.2 Å². The van der Waals surface area contributed by atoms with Gasteiger partial charge in [-0.15, -0.1) is 0 Å². The molecule has 2 aliphatic rings. The topological polar surface area (TPSA) is 61.8 Å². The molecule has 2 rings (SSSR count).